The average Bonchev–Trinajstić information content (AvgIpc) is 3.23. The van der Waals surface area contributed by atoms with Gasteiger partial charge in [0.1, 0.15) is 11.2 Å². The van der Waals surface area contributed by atoms with Crippen LogP contribution >= 0.6 is 11.6 Å². The van der Waals surface area contributed by atoms with E-state index >= 15 is 0 Å². The largest absolute Gasteiger partial charge is 0.416 e. The summed E-state index contributed by atoms with van der Waals surface area (Å²) in [6, 6.07) is 9.51. The molecule has 1 atom stereocenters. The molecule has 2 aliphatic heterocycles. The number of anilines is 2. The van der Waals surface area contributed by atoms with Crippen LogP contribution in [0.4, 0.5) is 24.7 Å². The molecule has 3 aromatic rings. The number of halogens is 4. The maximum absolute atomic E-state index is 13.4. The minimum atomic E-state index is -4.47. The van der Waals surface area contributed by atoms with Gasteiger partial charge in [0.15, 0.2) is 0 Å². The van der Waals surface area contributed by atoms with Crippen molar-refractivity contribution in [1.82, 2.24) is 9.78 Å². The van der Waals surface area contributed by atoms with Gasteiger partial charge in [-0.3, -0.25) is 9.59 Å². The number of carbonyl (C=O) groups is 2. The number of likely N-dealkylation sites (N-methyl/N-ethyl adjacent to an activating group) is 1. The van der Waals surface area contributed by atoms with Gasteiger partial charge in [-0.2, -0.15) is 18.3 Å². The molecule has 0 bridgehead atoms. The van der Waals surface area contributed by atoms with E-state index in [4.69, 9.17) is 11.6 Å². The lowest BCUT2D eigenvalue weighted by Gasteiger charge is -2.32. The van der Waals surface area contributed by atoms with Crippen LogP contribution < -0.4 is 10.2 Å². The summed E-state index contributed by atoms with van der Waals surface area (Å²) < 4.78 is 40.0. The van der Waals surface area contributed by atoms with Crippen molar-refractivity contribution in [2.45, 2.75) is 18.0 Å². The van der Waals surface area contributed by atoms with Crippen LogP contribution in [0.5, 0.6) is 0 Å². The van der Waals surface area contributed by atoms with Crippen molar-refractivity contribution in [2.75, 3.05) is 17.3 Å². The van der Waals surface area contributed by atoms with Crippen LogP contribution in [-0.4, -0.2) is 28.6 Å². The predicted octanol–water partition coefficient (Wildman–Crippen LogP) is 4.15. The smallest absolute Gasteiger partial charge is 0.314 e. The van der Waals surface area contributed by atoms with Crippen LogP contribution in [0, 0.1) is 0 Å². The summed E-state index contributed by atoms with van der Waals surface area (Å²) in [5.74, 6) is -0.514. The van der Waals surface area contributed by atoms with E-state index in [-0.39, 0.29) is 18.1 Å². The molecule has 0 unspecified atom stereocenters. The third-order valence-electron chi connectivity index (χ3n) is 5.80. The van der Waals surface area contributed by atoms with Gasteiger partial charge in [0.25, 0.3) is 0 Å². The molecule has 0 fully saturated rings. The first-order valence-corrected chi connectivity index (χ1v) is 9.65. The van der Waals surface area contributed by atoms with Crippen molar-refractivity contribution in [1.29, 1.82) is 0 Å². The zero-order chi connectivity index (χ0) is 22.1. The number of aromatic nitrogens is 2. The first-order chi connectivity index (χ1) is 14.6. The zero-order valence-corrected chi connectivity index (χ0v) is 16.8. The van der Waals surface area contributed by atoms with E-state index in [2.05, 4.69) is 10.4 Å². The molecule has 1 spiro atoms. The van der Waals surface area contributed by atoms with Crippen molar-refractivity contribution in [3.63, 3.8) is 0 Å². The molecule has 1 N–H and O–H groups in total. The van der Waals surface area contributed by atoms with Crippen molar-refractivity contribution in [3.05, 3.63) is 70.4 Å². The molecule has 6 nitrogen and oxygen atoms in total. The third-order valence-corrected chi connectivity index (χ3v) is 6.12. The summed E-state index contributed by atoms with van der Waals surface area (Å²) >= 11 is 6.48. The maximum Gasteiger partial charge on any atom is 0.416 e. The summed E-state index contributed by atoms with van der Waals surface area (Å²) in [6.07, 6.45) is -3.17. The molecule has 0 radical (unpaired) electrons. The molecule has 2 aliphatic rings. The highest BCUT2D eigenvalue weighted by Crippen LogP contribution is 2.54. The molecule has 31 heavy (non-hydrogen) atoms. The first kappa shape index (κ1) is 19.6. The lowest BCUT2D eigenvalue weighted by Crippen LogP contribution is -2.45. The van der Waals surface area contributed by atoms with E-state index in [1.165, 1.54) is 27.9 Å². The van der Waals surface area contributed by atoms with Crippen LogP contribution in [-0.2, 0) is 21.2 Å². The molecule has 2 amide bonds. The number of carbonyl (C=O) groups excluding carboxylic acids is 2. The van der Waals surface area contributed by atoms with Crippen LogP contribution in [0.15, 0.2) is 48.7 Å². The molecule has 10 heteroatoms. The molecule has 3 heterocycles. The summed E-state index contributed by atoms with van der Waals surface area (Å²) in [6.45, 7) is 0. The van der Waals surface area contributed by atoms with E-state index in [0.717, 1.165) is 12.1 Å². The number of benzene rings is 2. The maximum atomic E-state index is 13.4. The Labute approximate surface area is 179 Å². The van der Waals surface area contributed by atoms with Gasteiger partial charge in [0, 0.05) is 35.3 Å². The highest BCUT2D eigenvalue weighted by molar-refractivity contribution is 6.33. The molecule has 5 rings (SSSR count). The second-order valence-corrected chi connectivity index (χ2v) is 7.90. The summed E-state index contributed by atoms with van der Waals surface area (Å²) in [4.78, 5) is 27.6. The molecule has 158 valence electrons. The number of nitrogens with zero attached hydrogens (tertiary/aromatic N) is 3. The second kappa shape index (κ2) is 6.34. The van der Waals surface area contributed by atoms with E-state index in [9.17, 15) is 22.8 Å². The topological polar surface area (TPSA) is 67.2 Å². The lowest BCUT2D eigenvalue weighted by atomic mass is 9.71. The third kappa shape index (κ3) is 2.62. The average molecular weight is 447 g/mol. The molecule has 0 saturated heterocycles. The van der Waals surface area contributed by atoms with Crippen molar-refractivity contribution >= 4 is 34.9 Å². The molecule has 0 saturated carbocycles. The SMILES string of the molecule is CN1C(=O)[C@@]2(CC(=O)Nc3c2cnn3-c2ccc(C(F)(F)F)cc2)c2c(Cl)cccc21. The normalized spacial score (nSPS) is 20.1. The molecule has 2 aromatic carbocycles. The number of fused-ring (bicyclic) bond motifs is 4. The molecular formula is C21H14ClF3N4O2. The van der Waals surface area contributed by atoms with Gasteiger partial charge in [-0.15, -0.1) is 0 Å². The fraction of sp³-hybridized carbons (Fsp3) is 0.190. The Bertz CT molecular complexity index is 1250. The summed E-state index contributed by atoms with van der Waals surface area (Å²) in [7, 11) is 1.61. The minimum absolute atomic E-state index is 0.154. The number of alkyl halides is 3. The van der Waals surface area contributed by atoms with Gasteiger partial charge in [-0.05, 0) is 36.4 Å². The zero-order valence-electron chi connectivity index (χ0n) is 16.0. The van der Waals surface area contributed by atoms with Crippen molar-refractivity contribution in [2.24, 2.45) is 0 Å². The Hall–Kier alpha value is -3.33. The van der Waals surface area contributed by atoms with E-state index in [1.807, 2.05) is 0 Å². The first-order valence-electron chi connectivity index (χ1n) is 9.28. The quantitative estimate of drug-likeness (QED) is 0.610. The number of hydrogen-bond donors (Lipinski definition) is 1. The van der Waals surface area contributed by atoms with E-state index in [1.54, 1.807) is 25.2 Å². The second-order valence-electron chi connectivity index (χ2n) is 7.49. The van der Waals surface area contributed by atoms with Gasteiger partial charge in [0.05, 0.1) is 17.4 Å². The Morgan fingerprint density at radius 3 is 2.52 bits per heavy atom. The Morgan fingerprint density at radius 1 is 1.13 bits per heavy atom. The van der Waals surface area contributed by atoms with Gasteiger partial charge < -0.3 is 10.2 Å². The monoisotopic (exact) mass is 446 g/mol. The van der Waals surface area contributed by atoms with Gasteiger partial charge in [-0.1, -0.05) is 17.7 Å². The van der Waals surface area contributed by atoms with Crippen LogP contribution in [0.3, 0.4) is 0 Å². The predicted molar refractivity (Wildman–Crippen MR) is 107 cm³/mol. The molecular weight excluding hydrogens is 433 g/mol. The van der Waals surface area contributed by atoms with E-state index < -0.39 is 23.1 Å². The lowest BCUT2D eigenvalue weighted by molar-refractivity contribution is -0.137. The summed E-state index contributed by atoms with van der Waals surface area (Å²) in [5.41, 5.74) is -0.288. The van der Waals surface area contributed by atoms with E-state index in [0.29, 0.717) is 27.5 Å². The van der Waals surface area contributed by atoms with Crippen LogP contribution in [0.1, 0.15) is 23.1 Å². The highest BCUT2D eigenvalue weighted by Gasteiger charge is 2.57. The number of amides is 2. The Balaban J connectivity index is 1.71. The number of nitrogens with one attached hydrogen (secondary N) is 1. The Kier molecular flexibility index (Phi) is 4.01. The fourth-order valence-electron chi connectivity index (χ4n) is 4.41. The Morgan fingerprint density at radius 2 is 1.84 bits per heavy atom. The van der Waals surface area contributed by atoms with Crippen LogP contribution in [0.25, 0.3) is 5.69 Å². The minimum Gasteiger partial charge on any atom is -0.314 e. The highest BCUT2D eigenvalue weighted by atomic mass is 35.5. The summed E-state index contributed by atoms with van der Waals surface area (Å²) in [5, 5.41) is 7.34. The van der Waals surface area contributed by atoms with Crippen LogP contribution in [0.2, 0.25) is 5.02 Å². The molecule has 1 aromatic heterocycles. The fourth-order valence-corrected chi connectivity index (χ4v) is 4.74. The van der Waals surface area contributed by atoms with Gasteiger partial charge >= 0.3 is 6.18 Å². The van der Waals surface area contributed by atoms with Gasteiger partial charge in [0.2, 0.25) is 11.8 Å². The van der Waals surface area contributed by atoms with Gasteiger partial charge in [-0.25, -0.2) is 4.68 Å². The van der Waals surface area contributed by atoms with Crippen molar-refractivity contribution < 1.29 is 22.8 Å². The standard InChI is InChI=1S/C21H14ClF3N4O2/c1-28-15-4-2-3-14(22)17(15)20(19(28)31)9-16(30)27-18-13(20)10-26-29(18)12-7-5-11(6-8-12)21(23,24)25/h2-8,10H,9H2,1H3,(H,27,30)/t20-/m1/s1. The number of hydrogen-bond acceptors (Lipinski definition) is 3. The van der Waals surface area contributed by atoms with Crippen molar-refractivity contribution in [3.8, 4) is 5.69 Å². The number of rotatable bonds is 1. The molecule has 0 aliphatic carbocycles.